The average Bonchev–Trinajstić information content (AvgIpc) is 2.67. The van der Waals surface area contributed by atoms with E-state index in [2.05, 4.69) is 13.8 Å². The Bertz CT molecular complexity index is 381. The van der Waals surface area contributed by atoms with Crippen LogP contribution in [0.2, 0.25) is 0 Å². The highest BCUT2D eigenvalue weighted by Gasteiger charge is 2.51. The zero-order valence-electron chi connectivity index (χ0n) is 9.82. The Morgan fingerprint density at radius 1 is 1.38 bits per heavy atom. The molecule has 1 fully saturated rings. The van der Waals surface area contributed by atoms with Gasteiger partial charge in [0.05, 0.1) is 12.5 Å². The minimum Gasteiger partial charge on any atom is -0.457 e. The van der Waals surface area contributed by atoms with Crippen molar-refractivity contribution in [3.05, 3.63) is 11.1 Å². The van der Waals surface area contributed by atoms with E-state index in [0.29, 0.717) is 12.3 Å². The van der Waals surface area contributed by atoms with Crippen molar-refractivity contribution in [2.75, 3.05) is 0 Å². The highest BCUT2D eigenvalue weighted by molar-refractivity contribution is 5.73. The summed E-state index contributed by atoms with van der Waals surface area (Å²) in [6, 6.07) is 0. The van der Waals surface area contributed by atoms with Gasteiger partial charge >= 0.3 is 5.97 Å². The molecular weight excluding hydrogens is 204 g/mol. The molecular formula is C13H18O3. The van der Waals surface area contributed by atoms with Gasteiger partial charge in [-0.05, 0) is 35.8 Å². The molecule has 16 heavy (non-hydrogen) atoms. The summed E-state index contributed by atoms with van der Waals surface area (Å²) < 4.78 is 5.43. The van der Waals surface area contributed by atoms with Crippen LogP contribution in [0, 0.1) is 11.3 Å². The van der Waals surface area contributed by atoms with Gasteiger partial charge in [0.25, 0.3) is 0 Å². The molecule has 0 aromatic rings. The molecule has 2 aliphatic carbocycles. The lowest BCUT2D eigenvalue weighted by Gasteiger charge is -2.36. The van der Waals surface area contributed by atoms with Crippen LogP contribution < -0.4 is 0 Å². The summed E-state index contributed by atoms with van der Waals surface area (Å²) in [6.45, 7) is 4.39. The monoisotopic (exact) mass is 222 g/mol. The third-order valence-corrected chi connectivity index (χ3v) is 4.40. The molecule has 1 saturated heterocycles. The lowest BCUT2D eigenvalue weighted by Crippen LogP contribution is -2.31. The summed E-state index contributed by atoms with van der Waals surface area (Å²) in [5, 5.41) is 10.0. The number of esters is 1. The van der Waals surface area contributed by atoms with Gasteiger partial charge in [-0.15, -0.1) is 0 Å². The molecule has 0 aromatic carbocycles. The zero-order valence-corrected chi connectivity index (χ0v) is 9.82. The largest absolute Gasteiger partial charge is 0.457 e. The van der Waals surface area contributed by atoms with E-state index >= 15 is 0 Å². The highest BCUT2D eigenvalue weighted by atomic mass is 16.6. The van der Waals surface area contributed by atoms with Gasteiger partial charge in [0.15, 0.2) is 0 Å². The van der Waals surface area contributed by atoms with Crippen LogP contribution in [0.3, 0.4) is 0 Å². The lowest BCUT2D eigenvalue weighted by molar-refractivity contribution is -0.140. The second-order valence-corrected chi connectivity index (χ2v) is 5.96. The van der Waals surface area contributed by atoms with Crippen molar-refractivity contribution in [2.45, 2.75) is 51.7 Å². The molecule has 1 heterocycles. The fourth-order valence-corrected chi connectivity index (χ4v) is 3.60. The molecule has 88 valence electrons. The molecule has 0 bridgehead atoms. The Labute approximate surface area is 95.5 Å². The Balaban J connectivity index is 2.02. The maximum atomic E-state index is 11.3. The van der Waals surface area contributed by atoms with E-state index in [0.717, 1.165) is 19.3 Å². The van der Waals surface area contributed by atoms with Gasteiger partial charge in [0, 0.05) is 5.92 Å². The first-order chi connectivity index (χ1) is 7.49. The summed E-state index contributed by atoms with van der Waals surface area (Å²) >= 11 is 0. The summed E-state index contributed by atoms with van der Waals surface area (Å²) in [4.78, 5) is 11.3. The van der Waals surface area contributed by atoms with E-state index in [1.54, 1.807) is 0 Å². The third kappa shape index (κ3) is 1.27. The molecule has 0 amide bonds. The summed E-state index contributed by atoms with van der Waals surface area (Å²) in [7, 11) is 0. The predicted octanol–water partition coefficient (Wildman–Crippen LogP) is 1.80. The van der Waals surface area contributed by atoms with Gasteiger partial charge in [-0.1, -0.05) is 13.8 Å². The minimum absolute atomic E-state index is 0.0348. The Morgan fingerprint density at radius 2 is 2.12 bits per heavy atom. The number of fused-ring (bicyclic) bond motifs is 2. The van der Waals surface area contributed by atoms with Crippen LogP contribution in [0.25, 0.3) is 0 Å². The van der Waals surface area contributed by atoms with Gasteiger partial charge in [0.2, 0.25) is 0 Å². The van der Waals surface area contributed by atoms with Crippen LogP contribution in [0.5, 0.6) is 0 Å². The Morgan fingerprint density at radius 3 is 2.88 bits per heavy atom. The number of hydrogen-bond donors (Lipinski definition) is 1. The Kier molecular flexibility index (Phi) is 2.00. The average molecular weight is 222 g/mol. The maximum Gasteiger partial charge on any atom is 0.306 e. The van der Waals surface area contributed by atoms with Crippen LogP contribution in [0.1, 0.15) is 39.5 Å². The van der Waals surface area contributed by atoms with Crippen molar-refractivity contribution in [1.29, 1.82) is 0 Å². The van der Waals surface area contributed by atoms with Crippen LogP contribution in [0.15, 0.2) is 11.1 Å². The molecule has 3 nitrogen and oxygen atoms in total. The van der Waals surface area contributed by atoms with Crippen LogP contribution >= 0.6 is 0 Å². The summed E-state index contributed by atoms with van der Waals surface area (Å²) in [5.41, 5.74) is 2.47. The molecule has 1 aliphatic heterocycles. The van der Waals surface area contributed by atoms with Crippen molar-refractivity contribution in [3.63, 3.8) is 0 Å². The summed E-state index contributed by atoms with van der Waals surface area (Å²) in [6.07, 6.45) is 2.88. The second-order valence-electron chi connectivity index (χ2n) is 5.96. The number of rotatable bonds is 0. The number of carbonyl (C=O) groups excluding carboxylic acids is 1. The molecule has 0 unspecified atom stereocenters. The van der Waals surface area contributed by atoms with Crippen LogP contribution in [-0.4, -0.2) is 23.3 Å². The van der Waals surface area contributed by atoms with Crippen molar-refractivity contribution in [2.24, 2.45) is 11.3 Å². The lowest BCUT2D eigenvalue weighted by atomic mass is 9.71. The van der Waals surface area contributed by atoms with Gasteiger partial charge < -0.3 is 9.84 Å². The van der Waals surface area contributed by atoms with Gasteiger partial charge in [-0.3, -0.25) is 4.79 Å². The molecule has 0 spiro atoms. The fourth-order valence-electron chi connectivity index (χ4n) is 3.60. The topological polar surface area (TPSA) is 46.5 Å². The van der Waals surface area contributed by atoms with E-state index in [4.69, 9.17) is 4.74 Å². The highest BCUT2D eigenvalue weighted by Crippen LogP contribution is 2.53. The van der Waals surface area contributed by atoms with Gasteiger partial charge in [0.1, 0.15) is 6.10 Å². The van der Waals surface area contributed by atoms with E-state index in [9.17, 15) is 9.90 Å². The molecule has 0 saturated carbocycles. The molecule has 3 aliphatic rings. The normalized spacial score (nSPS) is 40.7. The number of carbonyl (C=O) groups is 1. The zero-order chi connectivity index (χ0) is 11.5. The Hall–Kier alpha value is -0.830. The standard InChI is InChI=1S/C13H18O3/c1-13(2)4-3-9(14)8-5-7-6-10(15)16-12(7)11(8)13/h7,9,12,14H,3-6H2,1-2H3/t7-,9-,12+/m1/s1. The SMILES string of the molecule is CC1(C)CC[C@@H](O)C2=C1[C@H]1OC(=O)C[C@H]1C2. The number of hydrogen-bond acceptors (Lipinski definition) is 3. The predicted molar refractivity (Wildman–Crippen MR) is 58.7 cm³/mol. The molecule has 3 heteroatoms. The third-order valence-electron chi connectivity index (χ3n) is 4.40. The maximum absolute atomic E-state index is 11.3. The first-order valence-electron chi connectivity index (χ1n) is 6.10. The summed E-state index contributed by atoms with van der Waals surface area (Å²) in [5.74, 6) is 0.224. The molecule has 3 atom stereocenters. The number of aliphatic hydroxyl groups is 1. The van der Waals surface area contributed by atoms with E-state index < -0.39 is 0 Å². The molecule has 1 N–H and O–H groups in total. The van der Waals surface area contributed by atoms with E-state index in [1.807, 2.05) is 0 Å². The number of ether oxygens (including phenoxy) is 1. The van der Waals surface area contributed by atoms with E-state index in [1.165, 1.54) is 11.1 Å². The van der Waals surface area contributed by atoms with Crippen LogP contribution in [0.4, 0.5) is 0 Å². The van der Waals surface area contributed by atoms with Gasteiger partial charge in [-0.2, -0.15) is 0 Å². The van der Waals surface area contributed by atoms with E-state index in [-0.39, 0.29) is 23.6 Å². The molecule has 0 aromatic heterocycles. The van der Waals surface area contributed by atoms with Crippen molar-refractivity contribution < 1.29 is 14.6 Å². The quantitative estimate of drug-likeness (QED) is 0.502. The fraction of sp³-hybridized carbons (Fsp3) is 0.769. The van der Waals surface area contributed by atoms with Gasteiger partial charge in [-0.25, -0.2) is 0 Å². The van der Waals surface area contributed by atoms with Crippen molar-refractivity contribution in [3.8, 4) is 0 Å². The second kappa shape index (κ2) is 3.10. The first kappa shape index (κ1) is 10.3. The molecule has 3 rings (SSSR count). The number of aliphatic hydroxyl groups excluding tert-OH is 1. The van der Waals surface area contributed by atoms with Crippen LogP contribution in [-0.2, 0) is 9.53 Å². The van der Waals surface area contributed by atoms with Crippen molar-refractivity contribution >= 4 is 5.97 Å². The first-order valence-corrected chi connectivity index (χ1v) is 6.10. The smallest absolute Gasteiger partial charge is 0.306 e. The van der Waals surface area contributed by atoms with Crippen molar-refractivity contribution in [1.82, 2.24) is 0 Å². The minimum atomic E-state index is -0.299. The molecule has 0 radical (unpaired) electrons.